The van der Waals surface area contributed by atoms with E-state index in [2.05, 4.69) is 4.90 Å². The quantitative estimate of drug-likeness (QED) is 0.793. The summed E-state index contributed by atoms with van der Waals surface area (Å²) >= 11 is 0. The minimum atomic E-state index is -0.563. The Morgan fingerprint density at radius 1 is 1.25 bits per heavy atom. The molecule has 1 heterocycles. The van der Waals surface area contributed by atoms with Crippen molar-refractivity contribution in [1.29, 1.82) is 0 Å². The summed E-state index contributed by atoms with van der Waals surface area (Å²) in [5.74, 6) is 0.935. The van der Waals surface area contributed by atoms with Gasteiger partial charge in [0.2, 0.25) is 0 Å². The molecule has 1 aromatic carbocycles. The van der Waals surface area contributed by atoms with E-state index in [1.807, 2.05) is 36.4 Å². The Morgan fingerprint density at radius 2 is 2.05 bits per heavy atom. The second kappa shape index (κ2) is 5.69. The predicted octanol–water partition coefficient (Wildman–Crippen LogP) is 2.56. The molecule has 1 unspecified atom stereocenters. The summed E-state index contributed by atoms with van der Waals surface area (Å²) in [5, 5.41) is 10.4. The number of benzene rings is 1. The first-order valence-corrected chi connectivity index (χ1v) is 7.03. The first-order chi connectivity index (χ1) is 9.74. The van der Waals surface area contributed by atoms with Crippen molar-refractivity contribution >= 4 is 5.69 Å². The third-order valence-corrected chi connectivity index (χ3v) is 3.76. The molecule has 0 spiro atoms. The zero-order valence-corrected chi connectivity index (χ0v) is 11.4. The van der Waals surface area contributed by atoms with Gasteiger partial charge in [0.05, 0.1) is 18.9 Å². The van der Waals surface area contributed by atoms with Crippen molar-refractivity contribution in [2.24, 2.45) is 0 Å². The van der Waals surface area contributed by atoms with Crippen LogP contribution >= 0.6 is 0 Å². The van der Waals surface area contributed by atoms with Crippen LogP contribution in [0.25, 0.3) is 0 Å². The highest BCUT2D eigenvalue weighted by atomic mass is 16.3. The number of aliphatic hydroxyl groups is 1. The molecule has 4 heteroatoms. The number of aliphatic hydroxyl groups excluding tert-OH is 1. The molecule has 1 aromatic heterocycles. The van der Waals surface area contributed by atoms with Crippen molar-refractivity contribution in [1.82, 2.24) is 4.90 Å². The molecule has 0 aliphatic heterocycles. The van der Waals surface area contributed by atoms with Crippen molar-refractivity contribution in [2.75, 3.05) is 12.3 Å². The van der Waals surface area contributed by atoms with Gasteiger partial charge in [-0.15, -0.1) is 0 Å². The lowest BCUT2D eigenvalue weighted by atomic mass is 10.1. The standard InChI is InChI=1S/C16H20N2O2/c17-15-6-2-1-5-14(15)16(19)11-18(12-7-8-12)10-13-4-3-9-20-13/h1-6,9,12,16,19H,7-8,10-11,17H2. The van der Waals surface area contributed by atoms with Crippen LogP contribution < -0.4 is 5.73 Å². The predicted molar refractivity (Wildman–Crippen MR) is 78.0 cm³/mol. The van der Waals surface area contributed by atoms with Crippen molar-refractivity contribution < 1.29 is 9.52 Å². The van der Waals surface area contributed by atoms with Gasteiger partial charge in [-0.1, -0.05) is 18.2 Å². The van der Waals surface area contributed by atoms with Crippen LogP contribution in [0, 0.1) is 0 Å². The van der Waals surface area contributed by atoms with Gasteiger partial charge >= 0.3 is 0 Å². The van der Waals surface area contributed by atoms with Gasteiger partial charge < -0.3 is 15.3 Å². The van der Waals surface area contributed by atoms with E-state index >= 15 is 0 Å². The van der Waals surface area contributed by atoms with E-state index in [4.69, 9.17) is 10.2 Å². The lowest BCUT2D eigenvalue weighted by molar-refractivity contribution is 0.100. The van der Waals surface area contributed by atoms with E-state index in [1.54, 1.807) is 6.26 Å². The van der Waals surface area contributed by atoms with Crippen molar-refractivity contribution in [3.05, 3.63) is 54.0 Å². The van der Waals surface area contributed by atoms with Gasteiger partial charge in [-0.2, -0.15) is 0 Å². The molecule has 106 valence electrons. The van der Waals surface area contributed by atoms with Crippen LogP contribution in [0.15, 0.2) is 47.1 Å². The first kappa shape index (κ1) is 13.2. The summed E-state index contributed by atoms with van der Waals surface area (Å²) in [6.45, 7) is 1.32. The van der Waals surface area contributed by atoms with E-state index in [1.165, 1.54) is 12.8 Å². The van der Waals surface area contributed by atoms with Crippen LogP contribution in [-0.2, 0) is 6.54 Å². The Kier molecular flexibility index (Phi) is 3.76. The zero-order chi connectivity index (χ0) is 13.9. The van der Waals surface area contributed by atoms with Crippen molar-refractivity contribution in [3.63, 3.8) is 0 Å². The molecule has 3 N–H and O–H groups in total. The van der Waals surface area contributed by atoms with Gasteiger partial charge in [0.15, 0.2) is 0 Å². The van der Waals surface area contributed by atoms with Crippen LogP contribution in [-0.4, -0.2) is 22.6 Å². The molecule has 0 saturated heterocycles. The molecule has 1 atom stereocenters. The van der Waals surface area contributed by atoms with Gasteiger partial charge in [0.25, 0.3) is 0 Å². The molecule has 0 radical (unpaired) electrons. The molecule has 1 fully saturated rings. The number of nitrogens with zero attached hydrogens (tertiary/aromatic N) is 1. The average Bonchev–Trinajstić information content (AvgIpc) is 3.17. The largest absolute Gasteiger partial charge is 0.468 e. The van der Waals surface area contributed by atoms with Crippen LogP contribution in [0.5, 0.6) is 0 Å². The van der Waals surface area contributed by atoms with Crippen LogP contribution in [0.1, 0.15) is 30.3 Å². The smallest absolute Gasteiger partial charge is 0.117 e. The molecule has 3 rings (SSSR count). The maximum Gasteiger partial charge on any atom is 0.117 e. The van der Waals surface area contributed by atoms with E-state index < -0.39 is 6.10 Å². The fraction of sp³-hybridized carbons (Fsp3) is 0.375. The van der Waals surface area contributed by atoms with Crippen LogP contribution in [0.4, 0.5) is 5.69 Å². The second-order valence-electron chi connectivity index (χ2n) is 5.38. The molecule has 4 nitrogen and oxygen atoms in total. The number of hydrogen-bond donors (Lipinski definition) is 2. The number of nitrogens with two attached hydrogens (primary N) is 1. The molecule has 0 bridgehead atoms. The lowest BCUT2D eigenvalue weighted by Crippen LogP contribution is -2.30. The number of hydrogen-bond acceptors (Lipinski definition) is 4. The summed E-state index contributed by atoms with van der Waals surface area (Å²) in [5.41, 5.74) is 7.38. The van der Waals surface area contributed by atoms with Gasteiger partial charge in [0, 0.05) is 23.8 Å². The number of rotatable bonds is 6. The van der Waals surface area contributed by atoms with E-state index in [0.29, 0.717) is 18.3 Å². The fourth-order valence-corrected chi connectivity index (χ4v) is 2.52. The Labute approximate surface area is 118 Å². The Hall–Kier alpha value is -1.78. The van der Waals surface area contributed by atoms with E-state index in [0.717, 1.165) is 17.9 Å². The van der Waals surface area contributed by atoms with Crippen LogP contribution in [0.2, 0.25) is 0 Å². The van der Waals surface area contributed by atoms with Crippen LogP contribution in [0.3, 0.4) is 0 Å². The van der Waals surface area contributed by atoms with Gasteiger partial charge in [-0.05, 0) is 31.0 Å². The van der Waals surface area contributed by atoms with Gasteiger partial charge in [-0.3, -0.25) is 4.90 Å². The Balaban J connectivity index is 1.68. The van der Waals surface area contributed by atoms with Gasteiger partial charge in [-0.25, -0.2) is 0 Å². The molecule has 1 aliphatic carbocycles. The Bertz CT molecular complexity index is 549. The monoisotopic (exact) mass is 272 g/mol. The highest BCUT2D eigenvalue weighted by Gasteiger charge is 2.31. The SMILES string of the molecule is Nc1ccccc1C(O)CN(Cc1ccco1)C1CC1. The minimum Gasteiger partial charge on any atom is -0.468 e. The molecule has 0 amide bonds. The van der Waals surface area contributed by atoms with E-state index in [-0.39, 0.29) is 0 Å². The number of nitrogen functional groups attached to an aromatic ring is 1. The van der Waals surface area contributed by atoms with E-state index in [9.17, 15) is 5.11 Å². The second-order valence-corrected chi connectivity index (χ2v) is 5.38. The maximum atomic E-state index is 10.4. The topological polar surface area (TPSA) is 62.6 Å². The molecule has 20 heavy (non-hydrogen) atoms. The minimum absolute atomic E-state index is 0.555. The first-order valence-electron chi connectivity index (χ1n) is 7.03. The highest BCUT2D eigenvalue weighted by molar-refractivity contribution is 5.47. The summed E-state index contributed by atoms with van der Waals surface area (Å²) in [7, 11) is 0. The maximum absolute atomic E-state index is 10.4. The molecule has 1 saturated carbocycles. The molecule has 2 aromatic rings. The molecule has 1 aliphatic rings. The number of furan rings is 1. The summed E-state index contributed by atoms with van der Waals surface area (Å²) < 4.78 is 5.40. The summed E-state index contributed by atoms with van der Waals surface area (Å²) in [4.78, 5) is 2.27. The molecular formula is C16H20N2O2. The highest BCUT2D eigenvalue weighted by Crippen LogP contribution is 2.31. The average molecular weight is 272 g/mol. The Morgan fingerprint density at radius 3 is 2.70 bits per heavy atom. The fourth-order valence-electron chi connectivity index (χ4n) is 2.52. The van der Waals surface area contributed by atoms with Crippen molar-refractivity contribution in [2.45, 2.75) is 31.5 Å². The summed E-state index contributed by atoms with van der Waals surface area (Å²) in [6.07, 6.45) is 3.51. The lowest BCUT2D eigenvalue weighted by Gasteiger charge is -2.24. The normalized spacial score (nSPS) is 16.5. The number of para-hydroxylation sites is 1. The summed E-state index contributed by atoms with van der Waals surface area (Å²) in [6, 6.07) is 11.9. The number of anilines is 1. The zero-order valence-electron chi connectivity index (χ0n) is 11.4. The molecular weight excluding hydrogens is 252 g/mol. The van der Waals surface area contributed by atoms with Crippen molar-refractivity contribution in [3.8, 4) is 0 Å². The third-order valence-electron chi connectivity index (χ3n) is 3.76. The van der Waals surface area contributed by atoms with Gasteiger partial charge in [0.1, 0.15) is 5.76 Å². The third kappa shape index (κ3) is 3.03.